The molecule has 0 aliphatic heterocycles. The molecule has 0 aliphatic rings. The minimum atomic E-state index is -0.0343. The molecule has 0 aromatic heterocycles. The lowest BCUT2D eigenvalue weighted by atomic mass is 10.5. The van der Waals surface area contributed by atoms with E-state index in [1.165, 1.54) is 6.92 Å². The van der Waals surface area contributed by atoms with Crippen LogP contribution in [0.3, 0.4) is 0 Å². The normalized spacial score (nSPS) is 10.4. The molecular formula is C11H23NO4. The first-order chi connectivity index (χ1) is 7.77. The molecule has 0 aliphatic carbocycles. The summed E-state index contributed by atoms with van der Waals surface area (Å²) in [5.41, 5.74) is 0. The van der Waals surface area contributed by atoms with Crippen LogP contribution in [0.4, 0.5) is 0 Å². The van der Waals surface area contributed by atoms with E-state index < -0.39 is 0 Å². The molecule has 0 aromatic carbocycles. The van der Waals surface area contributed by atoms with Gasteiger partial charge in [0.15, 0.2) is 0 Å². The van der Waals surface area contributed by atoms with Crippen LogP contribution in [0.1, 0.15) is 20.3 Å². The Morgan fingerprint density at radius 3 is 1.94 bits per heavy atom. The maximum Gasteiger partial charge on any atom is 0.216 e. The third-order valence-corrected chi connectivity index (χ3v) is 1.71. The Kier molecular flexibility index (Phi) is 11.9. The monoisotopic (exact) mass is 233 g/mol. The van der Waals surface area contributed by atoms with E-state index in [-0.39, 0.29) is 5.91 Å². The van der Waals surface area contributed by atoms with Crippen LogP contribution in [0, 0.1) is 0 Å². The van der Waals surface area contributed by atoms with Gasteiger partial charge in [0.25, 0.3) is 0 Å². The smallest absolute Gasteiger partial charge is 0.216 e. The fourth-order valence-electron chi connectivity index (χ4n) is 0.985. The Bertz CT molecular complexity index is 164. The van der Waals surface area contributed by atoms with Gasteiger partial charge in [-0.2, -0.15) is 0 Å². The molecule has 96 valence electrons. The van der Waals surface area contributed by atoms with E-state index in [0.29, 0.717) is 39.6 Å². The fraction of sp³-hybridized carbons (Fsp3) is 0.909. The second-order valence-corrected chi connectivity index (χ2v) is 3.32. The van der Waals surface area contributed by atoms with Crippen molar-refractivity contribution in [2.75, 3.05) is 46.2 Å². The van der Waals surface area contributed by atoms with Gasteiger partial charge in [-0.1, -0.05) is 6.92 Å². The van der Waals surface area contributed by atoms with Gasteiger partial charge in [0.1, 0.15) is 0 Å². The van der Waals surface area contributed by atoms with Crippen molar-refractivity contribution in [3.8, 4) is 0 Å². The van der Waals surface area contributed by atoms with Gasteiger partial charge in [-0.3, -0.25) is 4.79 Å². The molecule has 0 radical (unpaired) electrons. The molecule has 1 N–H and O–H groups in total. The predicted molar refractivity (Wildman–Crippen MR) is 61.4 cm³/mol. The van der Waals surface area contributed by atoms with Gasteiger partial charge >= 0.3 is 0 Å². The van der Waals surface area contributed by atoms with Crippen LogP contribution in [0.15, 0.2) is 0 Å². The number of rotatable bonds is 11. The lowest BCUT2D eigenvalue weighted by Gasteiger charge is -2.06. The first kappa shape index (κ1) is 15.3. The van der Waals surface area contributed by atoms with Crippen molar-refractivity contribution in [2.45, 2.75) is 20.3 Å². The van der Waals surface area contributed by atoms with Gasteiger partial charge in [-0.25, -0.2) is 0 Å². The number of amides is 1. The molecule has 5 heteroatoms. The third kappa shape index (κ3) is 13.4. The SMILES string of the molecule is CCCOCCOCCOCCNC(C)=O. The Morgan fingerprint density at radius 1 is 0.938 bits per heavy atom. The average molecular weight is 233 g/mol. The summed E-state index contributed by atoms with van der Waals surface area (Å²) in [6.07, 6.45) is 1.03. The summed E-state index contributed by atoms with van der Waals surface area (Å²) in [6.45, 7) is 7.78. The molecule has 0 spiro atoms. The van der Waals surface area contributed by atoms with E-state index in [2.05, 4.69) is 12.2 Å². The van der Waals surface area contributed by atoms with Crippen LogP contribution in [0.25, 0.3) is 0 Å². The first-order valence-electron chi connectivity index (χ1n) is 5.75. The van der Waals surface area contributed by atoms with Crippen molar-refractivity contribution >= 4 is 5.91 Å². The Morgan fingerprint density at radius 2 is 1.44 bits per heavy atom. The number of hydrogen-bond acceptors (Lipinski definition) is 4. The summed E-state index contributed by atoms with van der Waals surface area (Å²) >= 11 is 0. The number of nitrogens with one attached hydrogen (secondary N) is 1. The van der Waals surface area contributed by atoms with Gasteiger partial charge in [0.05, 0.1) is 33.0 Å². The molecule has 0 saturated carbocycles. The van der Waals surface area contributed by atoms with Crippen molar-refractivity contribution in [3.05, 3.63) is 0 Å². The average Bonchev–Trinajstić information content (AvgIpc) is 2.25. The summed E-state index contributed by atoms with van der Waals surface area (Å²) in [7, 11) is 0. The lowest BCUT2D eigenvalue weighted by molar-refractivity contribution is -0.119. The second-order valence-electron chi connectivity index (χ2n) is 3.32. The van der Waals surface area contributed by atoms with Crippen LogP contribution < -0.4 is 5.32 Å². The molecular weight excluding hydrogens is 210 g/mol. The Balaban J connectivity index is 2.90. The molecule has 0 heterocycles. The van der Waals surface area contributed by atoms with Crippen LogP contribution in [0.5, 0.6) is 0 Å². The van der Waals surface area contributed by atoms with E-state index in [1.54, 1.807) is 0 Å². The minimum absolute atomic E-state index is 0.0343. The van der Waals surface area contributed by atoms with E-state index in [9.17, 15) is 4.79 Å². The van der Waals surface area contributed by atoms with Gasteiger partial charge < -0.3 is 19.5 Å². The number of hydrogen-bond donors (Lipinski definition) is 1. The number of carbonyl (C=O) groups excluding carboxylic acids is 1. The van der Waals surface area contributed by atoms with E-state index in [4.69, 9.17) is 14.2 Å². The molecule has 16 heavy (non-hydrogen) atoms. The highest BCUT2D eigenvalue weighted by atomic mass is 16.5. The highest BCUT2D eigenvalue weighted by Gasteiger charge is 1.92. The maximum absolute atomic E-state index is 10.5. The summed E-state index contributed by atoms with van der Waals surface area (Å²) in [5.74, 6) is -0.0343. The van der Waals surface area contributed by atoms with Crippen molar-refractivity contribution in [1.29, 1.82) is 0 Å². The molecule has 1 amide bonds. The van der Waals surface area contributed by atoms with Crippen molar-refractivity contribution < 1.29 is 19.0 Å². The molecule has 0 bridgehead atoms. The third-order valence-electron chi connectivity index (χ3n) is 1.71. The maximum atomic E-state index is 10.5. The summed E-state index contributed by atoms with van der Waals surface area (Å²) < 4.78 is 15.7. The molecule has 0 rings (SSSR count). The molecule has 0 unspecified atom stereocenters. The fourth-order valence-corrected chi connectivity index (χ4v) is 0.985. The van der Waals surface area contributed by atoms with Crippen molar-refractivity contribution in [1.82, 2.24) is 5.32 Å². The molecule has 0 fully saturated rings. The van der Waals surface area contributed by atoms with Crippen LogP contribution >= 0.6 is 0 Å². The summed E-state index contributed by atoms with van der Waals surface area (Å²) in [6, 6.07) is 0. The predicted octanol–water partition coefficient (Wildman–Crippen LogP) is 0.582. The van der Waals surface area contributed by atoms with Gasteiger partial charge in [-0.05, 0) is 6.42 Å². The van der Waals surface area contributed by atoms with E-state index in [0.717, 1.165) is 13.0 Å². The van der Waals surface area contributed by atoms with Crippen LogP contribution in [-0.4, -0.2) is 52.1 Å². The first-order valence-corrected chi connectivity index (χ1v) is 5.75. The van der Waals surface area contributed by atoms with Gasteiger partial charge in [0, 0.05) is 20.1 Å². The summed E-state index contributed by atoms with van der Waals surface area (Å²) in [4.78, 5) is 10.5. The second kappa shape index (κ2) is 12.4. The number of carbonyl (C=O) groups is 1. The zero-order valence-corrected chi connectivity index (χ0v) is 10.3. The highest BCUT2D eigenvalue weighted by Crippen LogP contribution is 1.82. The largest absolute Gasteiger partial charge is 0.379 e. The Hall–Kier alpha value is -0.650. The number of ether oxygens (including phenoxy) is 3. The standard InChI is InChI=1S/C11H23NO4/c1-3-5-14-7-9-16-10-8-15-6-4-12-11(2)13/h3-10H2,1-2H3,(H,12,13). The van der Waals surface area contributed by atoms with Crippen LogP contribution in [-0.2, 0) is 19.0 Å². The van der Waals surface area contributed by atoms with E-state index in [1.807, 2.05) is 0 Å². The zero-order chi connectivity index (χ0) is 12.1. The highest BCUT2D eigenvalue weighted by molar-refractivity contribution is 5.72. The van der Waals surface area contributed by atoms with Crippen molar-refractivity contribution in [3.63, 3.8) is 0 Å². The minimum Gasteiger partial charge on any atom is -0.379 e. The molecule has 0 saturated heterocycles. The lowest BCUT2D eigenvalue weighted by Crippen LogP contribution is -2.25. The molecule has 0 atom stereocenters. The van der Waals surface area contributed by atoms with Crippen LogP contribution in [0.2, 0.25) is 0 Å². The van der Waals surface area contributed by atoms with E-state index >= 15 is 0 Å². The Labute approximate surface area is 97.4 Å². The van der Waals surface area contributed by atoms with Gasteiger partial charge in [0.2, 0.25) is 5.91 Å². The zero-order valence-electron chi connectivity index (χ0n) is 10.3. The van der Waals surface area contributed by atoms with Crippen molar-refractivity contribution in [2.24, 2.45) is 0 Å². The molecule has 0 aromatic rings. The topological polar surface area (TPSA) is 56.8 Å². The quantitative estimate of drug-likeness (QED) is 0.530. The molecule has 5 nitrogen and oxygen atoms in total. The summed E-state index contributed by atoms with van der Waals surface area (Å²) in [5, 5.41) is 2.65. The van der Waals surface area contributed by atoms with Gasteiger partial charge in [-0.15, -0.1) is 0 Å².